The van der Waals surface area contributed by atoms with Gasteiger partial charge in [0, 0.05) is 10.3 Å². The minimum absolute atomic E-state index is 0.484. The maximum Gasteiger partial charge on any atom is 0.178 e. The monoisotopic (exact) mass is 243 g/mol. The number of rotatable bonds is 2. The lowest BCUT2D eigenvalue weighted by molar-refractivity contribution is 0.112. The van der Waals surface area contributed by atoms with Crippen molar-refractivity contribution in [3.8, 4) is 11.5 Å². The third kappa shape index (κ3) is 1.66. The number of nitrogens with zero attached hydrogens (tertiary/aromatic N) is 1. The Morgan fingerprint density at radius 3 is 2.88 bits per heavy atom. The second-order valence-corrected chi connectivity index (χ2v) is 4.96. The van der Waals surface area contributed by atoms with Gasteiger partial charge in [-0.1, -0.05) is 18.2 Å². The highest BCUT2D eigenvalue weighted by Gasteiger charge is 2.13. The van der Waals surface area contributed by atoms with E-state index in [2.05, 4.69) is 4.98 Å². The topological polar surface area (TPSA) is 43.1 Å². The van der Waals surface area contributed by atoms with Crippen LogP contribution in [0.1, 0.15) is 14.7 Å². The van der Waals surface area contributed by atoms with E-state index in [1.54, 1.807) is 0 Å². The lowest BCUT2D eigenvalue weighted by Gasteiger charge is -1.90. The lowest BCUT2D eigenvalue weighted by atomic mass is 10.2. The minimum atomic E-state index is 0.484. The summed E-state index contributed by atoms with van der Waals surface area (Å²) in [5, 5.41) is 1.53. The highest BCUT2D eigenvalue weighted by Crippen LogP contribution is 2.31. The van der Waals surface area contributed by atoms with Crippen molar-refractivity contribution in [2.24, 2.45) is 0 Å². The SMILES string of the molecule is Cc1sc(C=O)nc1-c1cc2ccccc2o1. The fourth-order valence-electron chi connectivity index (χ4n) is 1.79. The lowest BCUT2D eigenvalue weighted by Crippen LogP contribution is -1.78. The first-order valence-electron chi connectivity index (χ1n) is 5.19. The molecule has 0 atom stereocenters. The molecule has 0 saturated carbocycles. The van der Waals surface area contributed by atoms with Crippen LogP contribution in [-0.2, 0) is 0 Å². The highest BCUT2D eigenvalue weighted by molar-refractivity contribution is 7.13. The van der Waals surface area contributed by atoms with Crippen LogP contribution in [0, 0.1) is 6.92 Å². The van der Waals surface area contributed by atoms with Crippen LogP contribution in [0.5, 0.6) is 0 Å². The van der Waals surface area contributed by atoms with Crippen molar-refractivity contribution in [3.63, 3.8) is 0 Å². The number of hydrogen-bond donors (Lipinski definition) is 0. The van der Waals surface area contributed by atoms with Gasteiger partial charge in [0.25, 0.3) is 0 Å². The zero-order valence-electron chi connectivity index (χ0n) is 9.14. The number of aryl methyl sites for hydroxylation is 1. The summed E-state index contributed by atoms with van der Waals surface area (Å²) in [6.45, 7) is 1.94. The first kappa shape index (κ1) is 10.2. The van der Waals surface area contributed by atoms with E-state index < -0.39 is 0 Å². The van der Waals surface area contributed by atoms with E-state index in [1.807, 2.05) is 37.3 Å². The maximum atomic E-state index is 10.7. The number of aromatic nitrogens is 1. The number of fused-ring (bicyclic) bond motifs is 1. The van der Waals surface area contributed by atoms with Crippen molar-refractivity contribution in [3.05, 3.63) is 40.2 Å². The molecule has 0 aliphatic rings. The molecule has 0 saturated heterocycles. The molecule has 3 nitrogen and oxygen atoms in total. The van der Waals surface area contributed by atoms with Gasteiger partial charge in [-0.25, -0.2) is 4.98 Å². The first-order valence-corrected chi connectivity index (χ1v) is 6.01. The van der Waals surface area contributed by atoms with Crippen molar-refractivity contribution < 1.29 is 9.21 Å². The van der Waals surface area contributed by atoms with E-state index in [-0.39, 0.29) is 0 Å². The molecule has 0 radical (unpaired) electrons. The molecule has 0 aliphatic carbocycles. The highest BCUT2D eigenvalue weighted by atomic mass is 32.1. The Hall–Kier alpha value is -1.94. The number of thiazole rings is 1. The van der Waals surface area contributed by atoms with Crippen LogP contribution in [0.3, 0.4) is 0 Å². The molecule has 3 aromatic rings. The number of benzene rings is 1. The van der Waals surface area contributed by atoms with E-state index >= 15 is 0 Å². The number of hydrogen-bond acceptors (Lipinski definition) is 4. The fourth-order valence-corrected chi connectivity index (χ4v) is 2.54. The number of carbonyl (C=O) groups is 1. The molecule has 0 unspecified atom stereocenters. The van der Waals surface area contributed by atoms with Gasteiger partial charge in [-0.2, -0.15) is 0 Å². The molecule has 3 rings (SSSR count). The molecule has 1 aromatic carbocycles. The molecule has 0 amide bonds. The van der Waals surface area contributed by atoms with Crippen molar-refractivity contribution >= 4 is 28.6 Å². The largest absolute Gasteiger partial charge is 0.454 e. The van der Waals surface area contributed by atoms with E-state index in [4.69, 9.17) is 4.42 Å². The van der Waals surface area contributed by atoms with Crippen LogP contribution in [-0.4, -0.2) is 11.3 Å². The first-order chi connectivity index (χ1) is 8.28. The van der Waals surface area contributed by atoms with Crippen LogP contribution in [0.15, 0.2) is 34.7 Å². The molecule has 0 spiro atoms. The van der Waals surface area contributed by atoms with Gasteiger partial charge in [-0.05, 0) is 19.1 Å². The van der Waals surface area contributed by atoms with Gasteiger partial charge in [-0.3, -0.25) is 4.79 Å². The third-order valence-electron chi connectivity index (χ3n) is 2.57. The Morgan fingerprint density at radius 2 is 2.18 bits per heavy atom. The van der Waals surface area contributed by atoms with Crippen LogP contribution in [0.2, 0.25) is 0 Å². The second kappa shape index (κ2) is 3.82. The van der Waals surface area contributed by atoms with Crippen molar-refractivity contribution in [1.82, 2.24) is 4.98 Å². The third-order valence-corrected chi connectivity index (χ3v) is 3.47. The summed E-state index contributed by atoms with van der Waals surface area (Å²) in [6.07, 6.45) is 0.768. The molecule has 4 heteroatoms. The predicted molar refractivity (Wildman–Crippen MR) is 67.4 cm³/mol. The minimum Gasteiger partial charge on any atom is -0.454 e. The van der Waals surface area contributed by atoms with Gasteiger partial charge in [0.05, 0.1) is 0 Å². The molecule has 0 aliphatic heterocycles. The van der Waals surface area contributed by atoms with Gasteiger partial charge < -0.3 is 4.42 Å². The molecular weight excluding hydrogens is 234 g/mol. The van der Waals surface area contributed by atoms with Gasteiger partial charge >= 0.3 is 0 Å². The van der Waals surface area contributed by atoms with Crippen molar-refractivity contribution in [1.29, 1.82) is 0 Å². The van der Waals surface area contributed by atoms with Gasteiger partial charge in [0.1, 0.15) is 11.3 Å². The van der Waals surface area contributed by atoms with Crippen LogP contribution >= 0.6 is 11.3 Å². The van der Waals surface area contributed by atoms with Crippen molar-refractivity contribution in [2.45, 2.75) is 6.92 Å². The van der Waals surface area contributed by atoms with E-state index in [9.17, 15) is 4.79 Å². The summed E-state index contributed by atoms with van der Waals surface area (Å²) in [5.41, 5.74) is 1.59. The molecule has 17 heavy (non-hydrogen) atoms. The average Bonchev–Trinajstić information content (AvgIpc) is 2.91. The quantitative estimate of drug-likeness (QED) is 0.645. The molecular formula is C13H9NO2S. The van der Waals surface area contributed by atoms with Gasteiger partial charge in [0.15, 0.2) is 17.1 Å². The predicted octanol–water partition coefficient (Wildman–Crippen LogP) is 3.68. The maximum absolute atomic E-state index is 10.7. The Bertz CT molecular complexity index is 663. The molecule has 0 N–H and O–H groups in total. The number of aldehydes is 1. The summed E-state index contributed by atoms with van der Waals surface area (Å²) in [5.74, 6) is 0.716. The zero-order valence-corrected chi connectivity index (χ0v) is 9.95. The molecule has 2 aromatic heterocycles. The second-order valence-electron chi connectivity index (χ2n) is 3.72. The Morgan fingerprint density at radius 1 is 1.35 bits per heavy atom. The number of furan rings is 1. The van der Waals surface area contributed by atoms with Crippen LogP contribution < -0.4 is 0 Å². The Balaban J connectivity index is 2.19. The van der Waals surface area contributed by atoms with Gasteiger partial charge in [-0.15, -0.1) is 11.3 Å². The summed E-state index contributed by atoms with van der Waals surface area (Å²) < 4.78 is 5.72. The number of para-hydroxylation sites is 1. The van der Waals surface area contributed by atoms with E-state index in [1.165, 1.54) is 11.3 Å². The summed E-state index contributed by atoms with van der Waals surface area (Å²) in [6, 6.07) is 9.75. The van der Waals surface area contributed by atoms with Crippen LogP contribution in [0.4, 0.5) is 0 Å². The van der Waals surface area contributed by atoms with Crippen molar-refractivity contribution in [2.75, 3.05) is 0 Å². The molecule has 0 bridgehead atoms. The number of carbonyl (C=O) groups excluding carboxylic acids is 1. The normalized spacial score (nSPS) is 10.9. The molecule has 2 heterocycles. The standard InChI is InChI=1S/C13H9NO2S/c1-8-13(14-12(7-15)17-8)11-6-9-4-2-3-5-10(9)16-11/h2-7H,1H3. The van der Waals surface area contributed by atoms with Crippen LogP contribution in [0.25, 0.3) is 22.4 Å². The molecule has 84 valence electrons. The zero-order chi connectivity index (χ0) is 11.8. The smallest absolute Gasteiger partial charge is 0.178 e. The summed E-state index contributed by atoms with van der Waals surface area (Å²) in [4.78, 5) is 15.9. The fraction of sp³-hybridized carbons (Fsp3) is 0.0769. The van der Waals surface area contributed by atoms with E-state index in [0.717, 1.165) is 27.8 Å². The van der Waals surface area contributed by atoms with Gasteiger partial charge in [0.2, 0.25) is 0 Å². The average molecular weight is 243 g/mol. The van der Waals surface area contributed by atoms with E-state index in [0.29, 0.717) is 10.8 Å². The molecule has 0 fully saturated rings. The summed E-state index contributed by atoms with van der Waals surface area (Å²) >= 11 is 1.38. The summed E-state index contributed by atoms with van der Waals surface area (Å²) in [7, 11) is 0. The Kier molecular flexibility index (Phi) is 2.30. The Labute approximate surface area is 102 Å².